The fourth-order valence-electron chi connectivity index (χ4n) is 2.48. The summed E-state index contributed by atoms with van der Waals surface area (Å²) in [4.78, 5) is 23.9. The Labute approximate surface area is 157 Å². The van der Waals surface area contributed by atoms with E-state index >= 15 is 0 Å². The molecule has 0 saturated carbocycles. The maximum absolute atomic E-state index is 13.5. The number of ether oxygens (including phenoxy) is 1. The molecule has 0 aliphatic carbocycles. The SMILES string of the molecule is O=Cc1ccc(-c2ccc(C(=O)OCc3ccccc3)c(C(F)(F)F)c2)s1. The minimum absolute atomic E-state index is 0.119. The quantitative estimate of drug-likeness (QED) is 0.421. The molecule has 0 N–H and O–H groups in total. The predicted octanol–water partition coefficient (Wildman–Crippen LogP) is 5.60. The van der Waals surface area contributed by atoms with Gasteiger partial charge in [-0.2, -0.15) is 13.2 Å². The van der Waals surface area contributed by atoms with Crippen LogP contribution in [0.1, 0.15) is 31.2 Å². The summed E-state index contributed by atoms with van der Waals surface area (Å²) in [6.07, 6.45) is -4.09. The van der Waals surface area contributed by atoms with Crippen molar-refractivity contribution < 1.29 is 27.5 Å². The molecule has 138 valence electrons. The monoisotopic (exact) mass is 390 g/mol. The Bertz CT molecular complexity index is 962. The van der Waals surface area contributed by atoms with Crippen molar-refractivity contribution in [3.05, 3.63) is 82.2 Å². The van der Waals surface area contributed by atoms with Crippen molar-refractivity contribution in [2.75, 3.05) is 0 Å². The van der Waals surface area contributed by atoms with Gasteiger partial charge in [0.25, 0.3) is 0 Å². The average Bonchev–Trinajstić information content (AvgIpc) is 3.15. The van der Waals surface area contributed by atoms with Gasteiger partial charge >= 0.3 is 12.1 Å². The third kappa shape index (κ3) is 4.43. The van der Waals surface area contributed by atoms with E-state index in [9.17, 15) is 22.8 Å². The molecule has 0 amide bonds. The molecular weight excluding hydrogens is 377 g/mol. The third-order valence-electron chi connectivity index (χ3n) is 3.79. The van der Waals surface area contributed by atoms with Gasteiger partial charge in [-0.25, -0.2) is 4.79 Å². The van der Waals surface area contributed by atoms with Crippen molar-refractivity contribution in [3.63, 3.8) is 0 Å². The van der Waals surface area contributed by atoms with Gasteiger partial charge in [-0.1, -0.05) is 36.4 Å². The second-order valence-electron chi connectivity index (χ2n) is 5.64. The van der Waals surface area contributed by atoms with Crippen LogP contribution in [0.15, 0.2) is 60.7 Å². The van der Waals surface area contributed by atoms with Crippen LogP contribution in [0.3, 0.4) is 0 Å². The molecule has 0 spiro atoms. The summed E-state index contributed by atoms with van der Waals surface area (Å²) in [7, 11) is 0. The maximum Gasteiger partial charge on any atom is 0.417 e. The number of halogens is 3. The number of hydrogen-bond donors (Lipinski definition) is 0. The summed E-state index contributed by atoms with van der Waals surface area (Å²) >= 11 is 1.08. The lowest BCUT2D eigenvalue weighted by molar-refractivity contribution is -0.138. The van der Waals surface area contributed by atoms with E-state index in [4.69, 9.17) is 4.74 Å². The van der Waals surface area contributed by atoms with Crippen LogP contribution in [0.4, 0.5) is 13.2 Å². The molecule has 0 atom stereocenters. The lowest BCUT2D eigenvalue weighted by Gasteiger charge is -2.14. The number of alkyl halides is 3. The number of hydrogen-bond acceptors (Lipinski definition) is 4. The van der Waals surface area contributed by atoms with Gasteiger partial charge in [0, 0.05) is 4.88 Å². The number of esters is 1. The van der Waals surface area contributed by atoms with Crippen LogP contribution < -0.4 is 0 Å². The lowest BCUT2D eigenvalue weighted by Crippen LogP contribution is -2.15. The molecule has 1 aromatic heterocycles. The molecule has 0 radical (unpaired) electrons. The van der Waals surface area contributed by atoms with E-state index in [1.165, 1.54) is 12.1 Å². The molecule has 7 heteroatoms. The highest BCUT2D eigenvalue weighted by molar-refractivity contribution is 7.17. The van der Waals surface area contributed by atoms with Gasteiger partial charge < -0.3 is 4.74 Å². The zero-order valence-corrected chi connectivity index (χ0v) is 14.6. The molecule has 1 heterocycles. The smallest absolute Gasteiger partial charge is 0.417 e. The first kappa shape index (κ1) is 18.8. The molecule has 0 bridgehead atoms. The average molecular weight is 390 g/mol. The van der Waals surface area contributed by atoms with Crippen molar-refractivity contribution in [1.82, 2.24) is 0 Å². The van der Waals surface area contributed by atoms with Crippen LogP contribution in [0.2, 0.25) is 0 Å². The largest absolute Gasteiger partial charge is 0.457 e. The number of carbonyl (C=O) groups excluding carboxylic acids is 2. The minimum atomic E-state index is -4.72. The van der Waals surface area contributed by atoms with Gasteiger partial charge in [0.15, 0.2) is 6.29 Å². The van der Waals surface area contributed by atoms with Crippen LogP contribution in [-0.2, 0) is 17.5 Å². The second kappa shape index (κ2) is 7.75. The van der Waals surface area contributed by atoms with E-state index in [0.717, 1.165) is 23.5 Å². The van der Waals surface area contributed by atoms with Crippen LogP contribution in [-0.4, -0.2) is 12.3 Å². The molecule has 0 aliphatic rings. The first-order chi connectivity index (χ1) is 12.9. The molecule has 0 saturated heterocycles. The van der Waals surface area contributed by atoms with Gasteiger partial charge in [-0.3, -0.25) is 4.79 Å². The molecular formula is C20H13F3O3S. The van der Waals surface area contributed by atoms with E-state index in [-0.39, 0.29) is 12.2 Å². The molecule has 3 aromatic rings. The third-order valence-corrected chi connectivity index (χ3v) is 4.84. The van der Waals surface area contributed by atoms with Crippen molar-refractivity contribution in [2.45, 2.75) is 12.8 Å². The van der Waals surface area contributed by atoms with E-state index in [2.05, 4.69) is 0 Å². The second-order valence-corrected chi connectivity index (χ2v) is 6.76. The molecule has 3 rings (SSSR count). The van der Waals surface area contributed by atoms with E-state index in [1.54, 1.807) is 36.4 Å². The van der Waals surface area contributed by atoms with Gasteiger partial charge in [0.2, 0.25) is 0 Å². The number of aldehydes is 1. The number of rotatable bonds is 5. The van der Waals surface area contributed by atoms with E-state index in [1.807, 2.05) is 0 Å². The highest BCUT2D eigenvalue weighted by Crippen LogP contribution is 2.37. The van der Waals surface area contributed by atoms with Crippen molar-refractivity contribution in [2.24, 2.45) is 0 Å². The fourth-order valence-corrected chi connectivity index (χ4v) is 3.30. The van der Waals surface area contributed by atoms with Crippen molar-refractivity contribution >= 4 is 23.6 Å². The van der Waals surface area contributed by atoms with Gasteiger partial charge in [-0.15, -0.1) is 11.3 Å². The topological polar surface area (TPSA) is 43.4 Å². The summed E-state index contributed by atoms with van der Waals surface area (Å²) in [5.41, 5.74) is -0.662. The van der Waals surface area contributed by atoms with Crippen LogP contribution >= 0.6 is 11.3 Å². The van der Waals surface area contributed by atoms with Gasteiger partial charge in [0.05, 0.1) is 16.0 Å². The molecule has 27 heavy (non-hydrogen) atoms. The molecule has 3 nitrogen and oxygen atoms in total. The standard InChI is InChI=1S/C20H13F3O3S/c21-20(22,23)17-10-14(18-9-7-15(11-24)27-18)6-8-16(17)19(25)26-12-13-4-2-1-3-5-13/h1-11H,12H2. The summed E-state index contributed by atoms with van der Waals surface area (Å²) < 4.78 is 45.5. The van der Waals surface area contributed by atoms with Crippen molar-refractivity contribution in [3.8, 4) is 10.4 Å². The number of thiophene rings is 1. The Morgan fingerprint density at radius 2 is 1.78 bits per heavy atom. The first-order valence-corrected chi connectivity index (χ1v) is 8.68. The Hall–Kier alpha value is -2.93. The highest BCUT2D eigenvalue weighted by Gasteiger charge is 2.36. The molecule has 0 fully saturated rings. The highest BCUT2D eigenvalue weighted by atomic mass is 32.1. The minimum Gasteiger partial charge on any atom is -0.457 e. The number of benzene rings is 2. The lowest BCUT2D eigenvalue weighted by atomic mass is 10.0. The predicted molar refractivity (Wildman–Crippen MR) is 95.7 cm³/mol. The zero-order valence-electron chi connectivity index (χ0n) is 13.8. The number of carbonyl (C=O) groups is 2. The zero-order chi connectivity index (χ0) is 19.4. The molecule has 0 unspecified atom stereocenters. The molecule has 2 aromatic carbocycles. The van der Waals surface area contributed by atoms with E-state index < -0.39 is 23.3 Å². The Kier molecular flexibility index (Phi) is 5.41. The van der Waals surface area contributed by atoms with E-state index in [0.29, 0.717) is 21.6 Å². The van der Waals surface area contributed by atoms with Crippen molar-refractivity contribution in [1.29, 1.82) is 0 Å². The maximum atomic E-state index is 13.5. The van der Waals surface area contributed by atoms with Crippen LogP contribution in [0.25, 0.3) is 10.4 Å². The van der Waals surface area contributed by atoms with Gasteiger partial charge in [-0.05, 0) is 35.4 Å². The van der Waals surface area contributed by atoms with Crippen LogP contribution in [0.5, 0.6) is 0 Å². The summed E-state index contributed by atoms with van der Waals surface area (Å²) in [5.74, 6) is -1.04. The summed E-state index contributed by atoms with van der Waals surface area (Å²) in [5, 5.41) is 0. The van der Waals surface area contributed by atoms with Gasteiger partial charge in [0.1, 0.15) is 6.61 Å². The Morgan fingerprint density at radius 3 is 2.41 bits per heavy atom. The molecule has 0 aliphatic heterocycles. The normalized spacial score (nSPS) is 11.2. The Balaban J connectivity index is 1.90. The summed E-state index contributed by atoms with van der Waals surface area (Å²) in [6, 6.07) is 15.2. The fraction of sp³-hybridized carbons (Fsp3) is 0.100. The summed E-state index contributed by atoms with van der Waals surface area (Å²) in [6.45, 7) is -0.119. The Morgan fingerprint density at radius 1 is 1.04 bits per heavy atom. The van der Waals surface area contributed by atoms with Crippen LogP contribution in [0, 0.1) is 0 Å². The first-order valence-electron chi connectivity index (χ1n) is 7.86.